The fourth-order valence-corrected chi connectivity index (χ4v) is 3.41. The second-order valence-electron chi connectivity index (χ2n) is 6.92. The van der Waals surface area contributed by atoms with E-state index in [1.165, 1.54) is 6.20 Å². The Labute approximate surface area is 170 Å². The summed E-state index contributed by atoms with van der Waals surface area (Å²) in [4.78, 5) is 17.2. The largest absolute Gasteiger partial charge is 0.319 e. The van der Waals surface area contributed by atoms with Crippen molar-refractivity contribution in [3.8, 4) is 11.3 Å². The van der Waals surface area contributed by atoms with E-state index in [9.17, 15) is 4.79 Å². The Morgan fingerprint density at radius 3 is 2.93 bits per heavy atom. The summed E-state index contributed by atoms with van der Waals surface area (Å²) in [6.07, 6.45) is 6.79. The quantitative estimate of drug-likeness (QED) is 0.504. The van der Waals surface area contributed by atoms with Gasteiger partial charge in [0.15, 0.2) is 5.65 Å². The van der Waals surface area contributed by atoms with Crippen LogP contribution in [0.5, 0.6) is 0 Å². The Morgan fingerprint density at radius 1 is 1.29 bits per heavy atom. The number of halogens is 1. The van der Waals surface area contributed by atoms with Crippen LogP contribution in [0.3, 0.4) is 0 Å². The van der Waals surface area contributed by atoms with Crippen LogP contribution in [0.1, 0.15) is 24.2 Å². The van der Waals surface area contributed by atoms with Crippen molar-refractivity contribution in [3.63, 3.8) is 0 Å². The van der Waals surface area contributed by atoms with Crippen molar-refractivity contribution in [3.05, 3.63) is 65.2 Å². The second-order valence-corrected chi connectivity index (χ2v) is 7.83. The molecule has 0 radical (unpaired) electrons. The van der Waals surface area contributed by atoms with Gasteiger partial charge in [-0.2, -0.15) is 10.2 Å². The lowest BCUT2D eigenvalue weighted by Gasteiger charge is -2.05. The Kier molecular flexibility index (Phi) is 4.95. The average Bonchev–Trinajstić information content (AvgIpc) is 3.25. The van der Waals surface area contributed by atoms with Crippen LogP contribution >= 0.6 is 15.9 Å². The first-order chi connectivity index (χ1) is 13.5. The normalized spacial score (nSPS) is 11.3. The molecule has 4 rings (SSSR count). The molecule has 0 aliphatic heterocycles. The van der Waals surface area contributed by atoms with Gasteiger partial charge in [-0.1, -0.05) is 41.9 Å². The van der Waals surface area contributed by atoms with Gasteiger partial charge in [-0.15, -0.1) is 0 Å². The monoisotopic (exact) mass is 438 g/mol. The van der Waals surface area contributed by atoms with E-state index < -0.39 is 0 Å². The van der Waals surface area contributed by atoms with Gasteiger partial charge in [0.05, 0.1) is 11.9 Å². The first-order valence-corrected chi connectivity index (χ1v) is 9.73. The van der Waals surface area contributed by atoms with Gasteiger partial charge in [0, 0.05) is 35.2 Å². The molecule has 0 spiro atoms. The molecule has 3 heterocycles. The molecule has 0 unspecified atom stereocenters. The van der Waals surface area contributed by atoms with Crippen molar-refractivity contribution >= 4 is 33.2 Å². The highest BCUT2D eigenvalue weighted by atomic mass is 79.9. The first-order valence-electron chi connectivity index (χ1n) is 8.94. The van der Waals surface area contributed by atoms with E-state index in [4.69, 9.17) is 5.10 Å². The van der Waals surface area contributed by atoms with Gasteiger partial charge in [-0.05, 0) is 24.1 Å². The third-order valence-corrected chi connectivity index (χ3v) is 4.68. The molecule has 1 N–H and O–H groups in total. The van der Waals surface area contributed by atoms with E-state index in [0.717, 1.165) is 22.3 Å². The van der Waals surface area contributed by atoms with Gasteiger partial charge in [0.2, 0.25) is 0 Å². The number of fused-ring (bicyclic) bond motifs is 1. The highest BCUT2D eigenvalue weighted by molar-refractivity contribution is 9.10. The highest BCUT2D eigenvalue weighted by Gasteiger charge is 2.18. The molecule has 142 valence electrons. The molecular formula is C20H19BrN6O. The molecule has 1 aromatic carbocycles. The van der Waals surface area contributed by atoms with Gasteiger partial charge >= 0.3 is 0 Å². The maximum Gasteiger partial charge on any atom is 0.261 e. The fraction of sp³-hybridized carbons (Fsp3) is 0.200. The van der Waals surface area contributed by atoms with E-state index >= 15 is 0 Å². The lowest BCUT2D eigenvalue weighted by molar-refractivity contribution is 0.102. The number of benzene rings is 1. The number of carbonyl (C=O) groups excluding carboxylic acids is 1. The number of aromatic nitrogens is 5. The fourth-order valence-electron chi connectivity index (χ4n) is 3.01. The molecule has 7 nitrogen and oxygen atoms in total. The standard InChI is InChI=1S/C20H19BrN6O/c1-13(2)11-26-12-17(18(25-26)14-5-3-6-15(21)9-14)24-20(28)16-10-23-27-8-4-7-22-19(16)27/h3-10,12-13H,11H2,1-2H3,(H,24,28). The van der Waals surface area contributed by atoms with Crippen LogP contribution in [0.4, 0.5) is 5.69 Å². The summed E-state index contributed by atoms with van der Waals surface area (Å²) in [7, 11) is 0. The Balaban J connectivity index is 1.71. The van der Waals surface area contributed by atoms with E-state index in [2.05, 4.69) is 45.2 Å². The number of amides is 1. The first kappa shape index (κ1) is 18.4. The molecule has 3 aromatic heterocycles. The Morgan fingerprint density at radius 2 is 2.14 bits per heavy atom. The molecule has 0 atom stereocenters. The molecule has 8 heteroatoms. The maximum atomic E-state index is 12.9. The van der Waals surface area contributed by atoms with Crippen LogP contribution in [0.2, 0.25) is 0 Å². The van der Waals surface area contributed by atoms with Crippen molar-refractivity contribution < 1.29 is 4.79 Å². The SMILES string of the molecule is CC(C)Cn1cc(NC(=O)c2cnn3cccnc23)c(-c2cccc(Br)c2)n1. The summed E-state index contributed by atoms with van der Waals surface area (Å²) in [6.45, 7) is 5.02. The van der Waals surface area contributed by atoms with Gasteiger partial charge in [-0.3, -0.25) is 9.48 Å². The number of hydrogen-bond acceptors (Lipinski definition) is 4. The molecule has 0 fully saturated rings. The topological polar surface area (TPSA) is 77.1 Å². The van der Waals surface area contributed by atoms with Crippen LogP contribution in [0.25, 0.3) is 16.9 Å². The summed E-state index contributed by atoms with van der Waals surface area (Å²) >= 11 is 3.50. The minimum Gasteiger partial charge on any atom is -0.319 e. The predicted octanol–water partition coefficient (Wildman–Crippen LogP) is 4.26. The minimum atomic E-state index is -0.269. The predicted molar refractivity (Wildman–Crippen MR) is 111 cm³/mol. The molecule has 0 aliphatic carbocycles. The van der Waals surface area contributed by atoms with E-state index in [1.807, 2.05) is 35.1 Å². The number of nitrogens with one attached hydrogen (secondary N) is 1. The molecule has 4 aromatic rings. The summed E-state index contributed by atoms with van der Waals surface area (Å²) < 4.78 is 4.39. The van der Waals surface area contributed by atoms with E-state index in [0.29, 0.717) is 22.8 Å². The molecule has 0 saturated carbocycles. The Hall–Kier alpha value is -3.00. The zero-order valence-electron chi connectivity index (χ0n) is 15.5. The van der Waals surface area contributed by atoms with E-state index in [-0.39, 0.29) is 5.91 Å². The van der Waals surface area contributed by atoms with Crippen LogP contribution in [0.15, 0.2) is 59.6 Å². The van der Waals surface area contributed by atoms with Crippen LogP contribution in [-0.2, 0) is 6.54 Å². The number of nitrogens with zero attached hydrogens (tertiary/aromatic N) is 5. The maximum absolute atomic E-state index is 12.9. The van der Waals surface area contributed by atoms with Crippen molar-refractivity contribution in [1.82, 2.24) is 24.4 Å². The summed E-state index contributed by atoms with van der Waals surface area (Å²) in [5, 5.41) is 11.9. The molecule has 28 heavy (non-hydrogen) atoms. The second kappa shape index (κ2) is 7.55. The summed E-state index contributed by atoms with van der Waals surface area (Å²) in [6, 6.07) is 9.62. The highest BCUT2D eigenvalue weighted by Crippen LogP contribution is 2.29. The number of rotatable bonds is 5. The molecule has 0 aliphatic rings. The lowest BCUT2D eigenvalue weighted by Crippen LogP contribution is -2.12. The smallest absolute Gasteiger partial charge is 0.261 e. The zero-order chi connectivity index (χ0) is 19.7. The third kappa shape index (κ3) is 3.68. The van der Waals surface area contributed by atoms with Gasteiger partial charge in [0.25, 0.3) is 5.91 Å². The molecule has 0 saturated heterocycles. The van der Waals surface area contributed by atoms with Crippen molar-refractivity contribution in [1.29, 1.82) is 0 Å². The number of anilines is 1. The van der Waals surface area contributed by atoms with Gasteiger partial charge in [-0.25, -0.2) is 9.50 Å². The van der Waals surface area contributed by atoms with Crippen molar-refractivity contribution in [2.24, 2.45) is 5.92 Å². The van der Waals surface area contributed by atoms with Crippen molar-refractivity contribution in [2.75, 3.05) is 5.32 Å². The van der Waals surface area contributed by atoms with Crippen LogP contribution in [-0.4, -0.2) is 30.3 Å². The summed E-state index contributed by atoms with van der Waals surface area (Å²) in [5.74, 6) is 0.164. The molecule has 0 bridgehead atoms. The van der Waals surface area contributed by atoms with E-state index in [1.54, 1.807) is 23.0 Å². The Bertz CT molecular complexity index is 1150. The number of hydrogen-bond donors (Lipinski definition) is 1. The summed E-state index contributed by atoms with van der Waals surface area (Å²) in [5.41, 5.74) is 3.22. The zero-order valence-corrected chi connectivity index (χ0v) is 17.1. The lowest BCUT2D eigenvalue weighted by atomic mass is 10.1. The van der Waals surface area contributed by atoms with Gasteiger partial charge < -0.3 is 5.32 Å². The minimum absolute atomic E-state index is 0.269. The molecular weight excluding hydrogens is 420 g/mol. The average molecular weight is 439 g/mol. The molecule has 1 amide bonds. The van der Waals surface area contributed by atoms with Crippen molar-refractivity contribution in [2.45, 2.75) is 20.4 Å². The van der Waals surface area contributed by atoms with Crippen LogP contribution < -0.4 is 5.32 Å². The van der Waals surface area contributed by atoms with Crippen LogP contribution in [0, 0.1) is 5.92 Å². The number of carbonyl (C=O) groups is 1. The van der Waals surface area contributed by atoms with Gasteiger partial charge in [0.1, 0.15) is 11.3 Å². The third-order valence-electron chi connectivity index (χ3n) is 4.18.